The van der Waals surface area contributed by atoms with Crippen molar-refractivity contribution < 1.29 is 4.79 Å². The predicted octanol–water partition coefficient (Wildman–Crippen LogP) is 4.04. The summed E-state index contributed by atoms with van der Waals surface area (Å²) in [6.45, 7) is 4.21. The van der Waals surface area contributed by atoms with Crippen LogP contribution >= 0.6 is 0 Å². The largest absolute Gasteiger partial charge is 0.298 e. The molecule has 0 unspecified atom stereocenters. The molecule has 0 saturated heterocycles. The molecule has 86 valence electrons. The van der Waals surface area contributed by atoms with Gasteiger partial charge in [0.2, 0.25) is 0 Å². The summed E-state index contributed by atoms with van der Waals surface area (Å²) in [5.74, 6) is 0. The Morgan fingerprint density at radius 2 is 1.76 bits per heavy atom. The van der Waals surface area contributed by atoms with Gasteiger partial charge in [0.25, 0.3) is 0 Å². The first-order valence-corrected chi connectivity index (χ1v) is 5.89. The standard InChI is InChI=1S/C16H16O/c1-3-13-6-8-15(9-7-13)16-10-14(11-17)5-4-12(16)2/h4-11H,3H2,1-2H3. The Balaban J connectivity index is 2.47. The number of aryl methyl sites for hydroxylation is 2. The Hall–Kier alpha value is -1.89. The zero-order valence-electron chi connectivity index (χ0n) is 10.2. The predicted molar refractivity (Wildman–Crippen MR) is 71.4 cm³/mol. The molecule has 17 heavy (non-hydrogen) atoms. The molecule has 2 aromatic carbocycles. The van der Waals surface area contributed by atoms with E-state index in [4.69, 9.17) is 0 Å². The van der Waals surface area contributed by atoms with Crippen LogP contribution in [-0.4, -0.2) is 6.29 Å². The lowest BCUT2D eigenvalue weighted by atomic mass is 9.97. The van der Waals surface area contributed by atoms with Gasteiger partial charge in [-0.1, -0.05) is 43.3 Å². The molecular formula is C16H16O. The Kier molecular flexibility index (Phi) is 3.38. The molecule has 0 bridgehead atoms. The topological polar surface area (TPSA) is 17.1 Å². The van der Waals surface area contributed by atoms with Gasteiger partial charge in [0, 0.05) is 5.56 Å². The molecule has 0 aliphatic heterocycles. The first-order valence-electron chi connectivity index (χ1n) is 5.89. The fourth-order valence-electron chi connectivity index (χ4n) is 1.94. The van der Waals surface area contributed by atoms with Crippen molar-refractivity contribution in [3.8, 4) is 11.1 Å². The molecule has 0 saturated carbocycles. The minimum Gasteiger partial charge on any atom is -0.298 e. The fourth-order valence-corrected chi connectivity index (χ4v) is 1.94. The van der Waals surface area contributed by atoms with Crippen molar-refractivity contribution in [2.75, 3.05) is 0 Å². The SMILES string of the molecule is CCc1ccc(-c2cc(C=O)ccc2C)cc1. The molecule has 2 aromatic rings. The highest BCUT2D eigenvalue weighted by atomic mass is 16.1. The molecule has 0 aromatic heterocycles. The van der Waals surface area contributed by atoms with Crippen LogP contribution in [0.1, 0.15) is 28.4 Å². The number of aldehydes is 1. The maximum atomic E-state index is 10.8. The summed E-state index contributed by atoms with van der Waals surface area (Å²) in [5.41, 5.74) is 5.56. The van der Waals surface area contributed by atoms with Crippen molar-refractivity contribution in [2.24, 2.45) is 0 Å². The van der Waals surface area contributed by atoms with Crippen LogP contribution in [0.5, 0.6) is 0 Å². The average Bonchev–Trinajstić information content (AvgIpc) is 2.39. The molecule has 0 spiro atoms. The van der Waals surface area contributed by atoms with Crippen LogP contribution in [0.25, 0.3) is 11.1 Å². The molecule has 0 aliphatic rings. The summed E-state index contributed by atoms with van der Waals surface area (Å²) >= 11 is 0. The van der Waals surface area contributed by atoms with E-state index in [1.807, 2.05) is 18.2 Å². The molecule has 2 rings (SSSR count). The summed E-state index contributed by atoms with van der Waals surface area (Å²) in [7, 11) is 0. The minimum atomic E-state index is 0.727. The third-order valence-electron chi connectivity index (χ3n) is 3.07. The summed E-state index contributed by atoms with van der Waals surface area (Å²) < 4.78 is 0. The summed E-state index contributed by atoms with van der Waals surface area (Å²) in [6.07, 6.45) is 1.94. The molecule has 1 heteroatoms. The second kappa shape index (κ2) is 4.96. The van der Waals surface area contributed by atoms with E-state index in [0.717, 1.165) is 23.8 Å². The highest BCUT2D eigenvalue weighted by Crippen LogP contribution is 2.24. The summed E-state index contributed by atoms with van der Waals surface area (Å²) in [6, 6.07) is 14.3. The zero-order valence-corrected chi connectivity index (χ0v) is 10.2. The minimum absolute atomic E-state index is 0.727. The highest BCUT2D eigenvalue weighted by Gasteiger charge is 2.03. The van der Waals surface area contributed by atoms with Crippen molar-refractivity contribution in [2.45, 2.75) is 20.3 Å². The molecule has 0 atom stereocenters. The molecule has 1 nitrogen and oxygen atoms in total. The van der Waals surface area contributed by atoms with Crippen LogP contribution in [0.3, 0.4) is 0 Å². The van der Waals surface area contributed by atoms with Gasteiger partial charge in [0.15, 0.2) is 0 Å². The van der Waals surface area contributed by atoms with Crippen LogP contribution in [-0.2, 0) is 6.42 Å². The van der Waals surface area contributed by atoms with Crippen molar-refractivity contribution in [1.29, 1.82) is 0 Å². The maximum absolute atomic E-state index is 10.8. The zero-order chi connectivity index (χ0) is 12.3. The van der Waals surface area contributed by atoms with Crippen LogP contribution in [0, 0.1) is 6.92 Å². The first-order chi connectivity index (χ1) is 8.24. The van der Waals surface area contributed by atoms with E-state index < -0.39 is 0 Å². The van der Waals surface area contributed by atoms with E-state index >= 15 is 0 Å². The second-order valence-corrected chi connectivity index (χ2v) is 4.24. The van der Waals surface area contributed by atoms with Crippen molar-refractivity contribution in [1.82, 2.24) is 0 Å². The molecule has 0 heterocycles. The van der Waals surface area contributed by atoms with Gasteiger partial charge in [0.05, 0.1) is 0 Å². The van der Waals surface area contributed by atoms with Gasteiger partial charge in [0.1, 0.15) is 6.29 Å². The molecule has 0 N–H and O–H groups in total. The van der Waals surface area contributed by atoms with Crippen LogP contribution in [0.4, 0.5) is 0 Å². The van der Waals surface area contributed by atoms with Gasteiger partial charge >= 0.3 is 0 Å². The van der Waals surface area contributed by atoms with Gasteiger partial charge in [-0.15, -0.1) is 0 Å². The third kappa shape index (κ3) is 2.44. The van der Waals surface area contributed by atoms with Crippen molar-refractivity contribution in [3.63, 3.8) is 0 Å². The Labute approximate surface area is 102 Å². The second-order valence-electron chi connectivity index (χ2n) is 4.24. The molecule has 0 amide bonds. The fraction of sp³-hybridized carbons (Fsp3) is 0.188. The molecule has 0 radical (unpaired) electrons. The van der Waals surface area contributed by atoms with Crippen molar-refractivity contribution >= 4 is 6.29 Å². The van der Waals surface area contributed by atoms with Gasteiger partial charge < -0.3 is 0 Å². The van der Waals surface area contributed by atoms with E-state index in [0.29, 0.717) is 0 Å². The highest BCUT2D eigenvalue weighted by molar-refractivity contribution is 5.80. The van der Waals surface area contributed by atoms with Crippen LogP contribution in [0.2, 0.25) is 0 Å². The monoisotopic (exact) mass is 224 g/mol. The number of hydrogen-bond acceptors (Lipinski definition) is 1. The van der Waals surface area contributed by atoms with E-state index in [1.165, 1.54) is 16.7 Å². The smallest absolute Gasteiger partial charge is 0.150 e. The lowest BCUT2D eigenvalue weighted by Gasteiger charge is -2.07. The average molecular weight is 224 g/mol. The van der Waals surface area contributed by atoms with Gasteiger partial charge in [-0.25, -0.2) is 0 Å². The van der Waals surface area contributed by atoms with E-state index in [2.05, 4.69) is 38.1 Å². The summed E-state index contributed by atoms with van der Waals surface area (Å²) in [4.78, 5) is 10.8. The Bertz CT molecular complexity index is 524. The first kappa shape index (κ1) is 11.6. The van der Waals surface area contributed by atoms with E-state index in [-0.39, 0.29) is 0 Å². The Morgan fingerprint density at radius 3 is 2.35 bits per heavy atom. The number of benzene rings is 2. The number of hydrogen-bond donors (Lipinski definition) is 0. The third-order valence-corrected chi connectivity index (χ3v) is 3.07. The maximum Gasteiger partial charge on any atom is 0.150 e. The Morgan fingerprint density at radius 1 is 1.06 bits per heavy atom. The molecule has 0 fully saturated rings. The number of carbonyl (C=O) groups is 1. The van der Waals surface area contributed by atoms with Crippen LogP contribution < -0.4 is 0 Å². The van der Waals surface area contributed by atoms with Gasteiger partial charge in [-0.3, -0.25) is 4.79 Å². The lowest BCUT2D eigenvalue weighted by molar-refractivity contribution is 0.112. The van der Waals surface area contributed by atoms with E-state index in [1.54, 1.807) is 0 Å². The number of rotatable bonds is 3. The van der Waals surface area contributed by atoms with E-state index in [9.17, 15) is 4.79 Å². The van der Waals surface area contributed by atoms with Gasteiger partial charge in [-0.2, -0.15) is 0 Å². The summed E-state index contributed by atoms with van der Waals surface area (Å²) in [5, 5.41) is 0. The quantitative estimate of drug-likeness (QED) is 0.719. The molecule has 0 aliphatic carbocycles. The molecular weight excluding hydrogens is 208 g/mol. The number of carbonyl (C=O) groups excluding carboxylic acids is 1. The van der Waals surface area contributed by atoms with Crippen LogP contribution in [0.15, 0.2) is 42.5 Å². The van der Waals surface area contributed by atoms with Crippen molar-refractivity contribution in [3.05, 3.63) is 59.2 Å². The van der Waals surface area contributed by atoms with Gasteiger partial charge in [-0.05, 0) is 41.7 Å². The normalized spacial score (nSPS) is 10.2. The lowest BCUT2D eigenvalue weighted by Crippen LogP contribution is -1.88.